The molecule has 0 spiro atoms. The average molecular weight is 819 g/mol. The van der Waals surface area contributed by atoms with Crippen LogP contribution in [0.5, 0.6) is 0 Å². The van der Waals surface area contributed by atoms with E-state index in [0.29, 0.717) is 33.3 Å². The first-order chi connectivity index (χ1) is 27.8. The Morgan fingerprint density at radius 3 is 1.05 bits per heavy atom. The van der Waals surface area contributed by atoms with E-state index in [4.69, 9.17) is 0 Å². The van der Waals surface area contributed by atoms with Gasteiger partial charge in [-0.1, -0.05) is 155 Å². The Morgan fingerprint density at radius 1 is 0.421 bits per heavy atom. The molecule has 0 unspecified atom stereocenters. The molecule has 2 aliphatic rings. The minimum atomic E-state index is -2.35. The fraction of sp³-hybridized carbons (Fsp3) is 0.529. The number of hydrogen-bond donors (Lipinski definition) is 0. The van der Waals surface area contributed by atoms with E-state index < -0.39 is 11.5 Å². The number of thioether (sulfide) groups is 2. The average Bonchev–Trinajstić information content (AvgIpc) is 3.23. The Balaban J connectivity index is 0.000000218. The van der Waals surface area contributed by atoms with Gasteiger partial charge >= 0.3 is 0 Å². The van der Waals surface area contributed by atoms with Gasteiger partial charge in [-0.25, -0.2) is 0 Å². The van der Waals surface area contributed by atoms with Crippen LogP contribution in [0.1, 0.15) is 155 Å². The molecule has 0 aliphatic heterocycles. The van der Waals surface area contributed by atoms with Crippen LogP contribution in [-0.2, 0) is 25.7 Å². The lowest BCUT2D eigenvalue weighted by molar-refractivity contribution is 0.251. The van der Waals surface area contributed by atoms with Crippen molar-refractivity contribution in [3.05, 3.63) is 130 Å². The van der Waals surface area contributed by atoms with Crippen LogP contribution in [-0.4, -0.2) is 11.5 Å². The van der Waals surface area contributed by atoms with Crippen molar-refractivity contribution in [1.29, 1.82) is 0 Å². The summed E-state index contributed by atoms with van der Waals surface area (Å²) in [5, 5.41) is 0. The third kappa shape index (κ3) is 16.5. The summed E-state index contributed by atoms with van der Waals surface area (Å²) in [6.07, 6.45) is 24.5. The van der Waals surface area contributed by atoms with E-state index in [2.05, 4.69) is 62.4 Å². The molecule has 2 saturated carbocycles. The van der Waals surface area contributed by atoms with Gasteiger partial charge in [0.2, 0.25) is 0 Å². The number of unbranched alkanes of at least 4 members (excludes halogenated alkanes) is 3. The fourth-order valence-electron chi connectivity index (χ4n) is 8.91. The largest absolute Gasteiger partial charge is 0.288 e. The summed E-state index contributed by atoms with van der Waals surface area (Å²) < 4.78 is 49.6. The molecule has 0 aromatic heterocycles. The molecule has 0 bridgehead atoms. The van der Waals surface area contributed by atoms with Crippen LogP contribution >= 0.6 is 23.5 Å². The molecule has 0 heterocycles. The van der Waals surface area contributed by atoms with Gasteiger partial charge in [0.25, 0.3) is 11.5 Å². The third-order valence-corrected chi connectivity index (χ3v) is 13.9. The summed E-state index contributed by atoms with van der Waals surface area (Å²) in [4.78, 5) is 1.26. The maximum Gasteiger partial charge on any atom is 0.288 e. The molecule has 2 aliphatic carbocycles. The molecule has 4 aromatic carbocycles. The quantitative estimate of drug-likeness (QED) is 0.0525. The minimum Gasteiger partial charge on any atom is -0.198 e. The molecule has 0 amide bonds. The number of aryl methyl sites for hydroxylation is 4. The zero-order valence-electron chi connectivity index (χ0n) is 34.5. The molecule has 6 rings (SSSR count). The maximum absolute atomic E-state index is 12.4. The number of hydrogen-bond acceptors (Lipinski definition) is 2. The molecule has 2 fully saturated rings. The summed E-state index contributed by atoms with van der Waals surface area (Å²) in [7, 11) is 0. The maximum atomic E-state index is 12.4. The van der Waals surface area contributed by atoms with Gasteiger partial charge < -0.3 is 0 Å². The topological polar surface area (TPSA) is 0 Å². The third-order valence-electron chi connectivity index (χ3n) is 12.5. The second-order valence-electron chi connectivity index (χ2n) is 16.6. The lowest BCUT2D eigenvalue weighted by Gasteiger charge is -2.29. The van der Waals surface area contributed by atoms with Gasteiger partial charge in [-0.05, 0) is 158 Å². The van der Waals surface area contributed by atoms with E-state index in [-0.39, 0.29) is 0 Å². The highest BCUT2D eigenvalue weighted by Gasteiger charge is 2.23. The summed E-state index contributed by atoms with van der Waals surface area (Å²) in [6, 6.07) is 33.5. The zero-order valence-corrected chi connectivity index (χ0v) is 36.1. The zero-order chi connectivity index (χ0) is 40.2. The lowest BCUT2D eigenvalue weighted by atomic mass is 9.77. The predicted octanol–water partition coefficient (Wildman–Crippen LogP) is 16.9. The van der Waals surface area contributed by atoms with Crippen molar-refractivity contribution < 1.29 is 17.6 Å². The molecule has 0 saturated heterocycles. The van der Waals surface area contributed by atoms with E-state index in [9.17, 15) is 17.6 Å². The summed E-state index contributed by atoms with van der Waals surface area (Å²) >= 11 is 1.22. The molecule has 0 N–H and O–H groups in total. The second-order valence-corrected chi connectivity index (χ2v) is 18.7. The van der Waals surface area contributed by atoms with E-state index in [1.54, 1.807) is 24.3 Å². The van der Waals surface area contributed by atoms with Gasteiger partial charge in [0.1, 0.15) is 0 Å². The monoisotopic (exact) mass is 818 g/mol. The molecular formula is C51H66F4S2. The molecule has 4 aromatic rings. The van der Waals surface area contributed by atoms with Gasteiger partial charge in [0.05, 0.1) is 0 Å². The number of rotatable bonds is 19. The Labute approximate surface area is 350 Å². The summed E-state index contributed by atoms with van der Waals surface area (Å²) in [5.74, 6) is -1.30. The SMILES string of the molecule is CCCCC[C@H]1CC[C@H](c2ccc(CCc3ccc(SC(F)F)cc3)cc2)CC1.CCCC[C@H]1CC[C@H](c2ccc(CCc3ccc(SC(F)F)cc3)cc2)CC1. The van der Waals surface area contributed by atoms with Crippen LogP contribution in [0.2, 0.25) is 0 Å². The Hall–Kier alpha value is -2.70. The first-order valence-electron chi connectivity index (χ1n) is 22.0. The molecule has 57 heavy (non-hydrogen) atoms. The van der Waals surface area contributed by atoms with Gasteiger partial charge in [-0.2, -0.15) is 17.6 Å². The molecular weight excluding hydrogens is 753 g/mol. The first-order valence-corrected chi connectivity index (χ1v) is 23.8. The van der Waals surface area contributed by atoms with E-state index >= 15 is 0 Å². The van der Waals surface area contributed by atoms with Crippen molar-refractivity contribution in [2.24, 2.45) is 11.8 Å². The number of benzene rings is 4. The smallest absolute Gasteiger partial charge is 0.198 e. The molecule has 0 nitrogen and oxygen atoms in total. The highest BCUT2D eigenvalue weighted by atomic mass is 32.2. The Kier molecular flexibility index (Phi) is 19.9. The second kappa shape index (κ2) is 25.0. The van der Waals surface area contributed by atoms with Crippen LogP contribution in [0.4, 0.5) is 17.6 Å². The fourth-order valence-corrected chi connectivity index (χ4v) is 9.91. The van der Waals surface area contributed by atoms with E-state index in [0.717, 1.165) is 49.4 Å². The van der Waals surface area contributed by atoms with Gasteiger partial charge in [0, 0.05) is 9.79 Å². The normalized spacial score (nSPS) is 19.7. The van der Waals surface area contributed by atoms with Crippen molar-refractivity contribution in [1.82, 2.24) is 0 Å². The molecule has 6 heteroatoms. The summed E-state index contributed by atoms with van der Waals surface area (Å²) in [5.41, 5.74) is 8.13. The van der Waals surface area contributed by atoms with Crippen molar-refractivity contribution in [3.8, 4) is 0 Å². The number of halogens is 4. The van der Waals surface area contributed by atoms with Crippen LogP contribution in [0, 0.1) is 11.8 Å². The molecule has 0 atom stereocenters. The van der Waals surface area contributed by atoms with Gasteiger partial charge in [-0.3, -0.25) is 0 Å². The van der Waals surface area contributed by atoms with Crippen molar-refractivity contribution >= 4 is 23.5 Å². The van der Waals surface area contributed by atoms with E-state index in [1.165, 1.54) is 130 Å². The van der Waals surface area contributed by atoms with E-state index in [1.807, 2.05) is 24.3 Å². The number of alkyl halides is 4. The Bertz CT molecular complexity index is 1640. The van der Waals surface area contributed by atoms with Crippen LogP contribution in [0.15, 0.2) is 107 Å². The summed E-state index contributed by atoms with van der Waals surface area (Å²) in [6.45, 7) is 4.57. The van der Waals surface area contributed by atoms with Crippen LogP contribution in [0.25, 0.3) is 0 Å². The predicted molar refractivity (Wildman–Crippen MR) is 237 cm³/mol. The Morgan fingerprint density at radius 2 is 0.737 bits per heavy atom. The van der Waals surface area contributed by atoms with Crippen molar-refractivity contribution in [3.63, 3.8) is 0 Å². The standard InChI is InChI=1S/C26H34F2S.C25H32F2S/c1-2-3-4-5-20-8-14-23(15-9-20)24-16-10-21(11-17-24)6-7-22-12-18-25(19-13-22)29-26(27)28;1-2-3-4-19-7-13-22(14-8-19)23-15-9-20(10-16-23)5-6-21-11-17-24(18-12-21)28-25(26)27/h10-13,16-20,23,26H,2-9,14-15H2,1H3;9-12,15-19,22,25H,2-8,13-14H2,1H3/t20-,23-;19-,22-. The van der Waals surface area contributed by atoms with Crippen molar-refractivity contribution in [2.75, 3.05) is 0 Å². The highest BCUT2D eigenvalue weighted by Crippen LogP contribution is 2.39. The lowest BCUT2D eigenvalue weighted by Crippen LogP contribution is -2.13. The van der Waals surface area contributed by atoms with Crippen LogP contribution < -0.4 is 0 Å². The minimum absolute atomic E-state index is 0.607. The molecule has 310 valence electrons. The van der Waals surface area contributed by atoms with Gasteiger partial charge in [0.15, 0.2) is 0 Å². The molecule has 0 radical (unpaired) electrons. The first kappa shape index (κ1) is 45.4. The van der Waals surface area contributed by atoms with Crippen LogP contribution in [0.3, 0.4) is 0 Å². The van der Waals surface area contributed by atoms with Crippen molar-refractivity contribution in [2.45, 2.75) is 169 Å². The van der Waals surface area contributed by atoms with Gasteiger partial charge in [-0.15, -0.1) is 0 Å². The highest BCUT2D eigenvalue weighted by molar-refractivity contribution is 7.99.